The third-order valence-electron chi connectivity index (χ3n) is 7.67. The highest BCUT2D eigenvalue weighted by atomic mass is 19.1. The third-order valence-corrected chi connectivity index (χ3v) is 7.67. The second kappa shape index (κ2) is 12.2. The van der Waals surface area contributed by atoms with Crippen LogP contribution in [-0.2, 0) is 11.3 Å². The lowest BCUT2D eigenvalue weighted by Gasteiger charge is -2.18. The van der Waals surface area contributed by atoms with Crippen molar-refractivity contribution < 1.29 is 14.0 Å². The van der Waals surface area contributed by atoms with Crippen LogP contribution in [0.2, 0.25) is 0 Å². The zero-order valence-corrected chi connectivity index (χ0v) is 25.4. The van der Waals surface area contributed by atoms with Gasteiger partial charge in [0.05, 0.1) is 29.5 Å². The predicted octanol–water partition coefficient (Wildman–Crippen LogP) is 4.27. The third kappa shape index (κ3) is 5.86. The molecule has 0 saturated carbocycles. The predicted molar refractivity (Wildman–Crippen MR) is 169 cm³/mol. The van der Waals surface area contributed by atoms with Crippen molar-refractivity contribution in [3.8, 4) is 17.1 Å². The molecular weight excluding hydrogens is 561 g/mol. The number of pyridine rings is 1. The first kappa shape index (κ1) is 30.3. The summed E-state index contributed by atoms with van der Waals surface area (Å²) in [5.41, 5.74) is 4.44. The molecule has 1 atom stereocenters. The normalized spacial score (nSPS) is 11.9. The Morgan fingerprint density at radius 3 is 2.45 bits per heavy atom. The highest BCUT2D eigenvalue weighted by Crippen LogP contribution is 2.27. The van der Waals surface area contributed by atoms with Crippen LogP contribution >= 0.6 is 0 Å². The van der Waals surface area contributed by atoms with Crippen molar-refractivity contribution in [1.29, 1.82) is 0 Å². The van der Waals surface area contributed by atoms with E-state index < -0.39 is 11.6 Å². The molecule has 3 aromatic heterocycles. The molecule has 44 heavy (non-hydrogen) atoms. The summed E-state index contributed by atoms with van der Waals surface area (Å²) in [5.74, 6) is 0.121. The second-order valence-electron chi connectivity index (χ2n) is 10.7. The number of anilines is 1. The van der Waals surface area contributed by atoms with Crippen molar-refractivity contribution in [2.24, 2.45) is 0 Å². The maximum absolute atomic E-state index is 14.0. The summed E-state index contributed by atoms with van der Waals surface area (Å²) in [4.78, 5) is 48.5. The fourth-order valence-electron chi connectivity index (χ4n) is 5.16. The van der Waals surface area contributed by atoms with Crippen LogP contribution in [0.25, 0.3) is 28.0 Å². The number of rotatable bonds is 8. The van der Waals surface area contributed by atoms with Gasteiger partial charge in [-0.2, -0.15) is 0 Å². The van der Waals surface area contributed by atoms with Crippen LogP contribution in [0.3, 0.4) is 0 Å². The molecule has 0 bridgehead atoms. The molecule has 2 aromatic carbocycles. The van der Waals surface area contributed by atoms with Gasteiger partial charge in [-0.05, 0) is 88.3 Å². The van der Waals surface area contributed by atoms with Gasteiger partial charge in [-0.1, -0.05) is 6.07 Å². The number of carbonyl (C=O) groups is 2. The minimum Gasteiger partial charge on any atom is -0.355 e. The molecule has 10 nitrogen and oxygen atoms in total. The second-order valence-corrected chi connectivity index (χ2v) is 10.7. The average molecular weight is 596 g/mol. The Bertz CT molecular complexity index is 1980. The number of fused-ring (bicyclic) bond motifs is 1. The van der Waals surface area contributed by atoms with Gasteiger partial charge in [-0.3, -0.25) is 14.4 Å². The number of benzene rings is 2. The molecule has 5 rings (SSSR count). The van der Waals surface area contributed by atoms with Crippen molar-refractivity contribution in [2.45, 2.75) is 40.3 Å². The maximum Gasteiger partial charge on any atom is 0.275 e. The first-order chi connectivity index (χ1) is 21.0. The van der Waals surface area contributed by atoms with E-state index in [1.807, 2.05) is 30.7 Å². The minimum absolute atomic E-state index is 0.0479. The number of hydrogen-bond acceptors (Lipinski definition) is 6. The van der Waals surface area contributed by atoms with Crippen LogP contribution in [0.5, 0.6) is 0 Å². The molecule has 1 unspecified atom stereocenters. The van der Waals surface area contributed by atoms with Crippen LogP contribution in [0, 0.1) is 26.6 Å². The van der Waals surface area contributed by atoms with Gasteiger partial charge in [0.25, 0.3) is 11.5 Å². The van der Waals surface area contributed by atoms with E-state index in [-0.39, 0.29) is 29.9 Å². The number of likely N-dealkylation sites (N-methyl/N-ethyl adjacent to an activating group) is 1. The molecule has 0 fully saturated rings. The van der Waals surface area contributed by atoms with Crippen LogP contribution in [0.15, 0.2) is 65.6 Å². The minimum atomic E-state index is -0.519. The highest BCUT2D eigenvalue weighted by molar-refractivity contribution is 5.96. The van der Waals surface area contributed by atoms with Crippen LogP contribution in [-0.4, -0.2) is 51.1 Å². The van der Waals surface area contributed by atoms with Crippen LogP contribution < -0.4 is 21.5 Å². The standard InChI is InChI=1S/C33H34FN7O3/c1-18-7-8-22(32(43)36-6)13-25(18)29-12-10-27(39-31(42)20(3)35-5)33(44)41(29)17-24-15-30(38-21(4)37-24)40-16-19(2)26-14-23(34)9-11-28(26)40/h7-16,20,35H,17H2,1-6H3,(H,36,43)(H,39,42). The smallest absolute Gasteiger partial charge is 0.275 e. The van der Waals surface area contributed by atoms with Crippen molar-refractivity contribution in [2.75, 3.05) is 19.4 Å². The summed E-state index contributed by atoms with van der Waals surface area (Å²) in [6, 6.07) is 14.5. The van der Waals surface area contributed by atoms with Gasteiger partial charge in [0.15, 0.2) is 0 Å². The lowest BCUT2D eigenvalue weighted by Crippen LogP contribution is -2.37. The van der Waals surface area contributed by atoms with Crippen molar-refractivity contribution in [3.05, 3.63) is 105 Å². The first-order valence-electron chi connectivity index (χ1n) is 14.2. The fourth-order valence-corrected chi connectivity index (χ4v) is 5.16. The van der Waals surface area contributed by atoms with E-state index in [0.29, 0.717) is 34.2 Å². The number of nitrogens with one attached hydrogen (secondary N) is 3. The van der Waals surface area contributed by atoms with Crippen molar-refractivity contribution >= 4 is 28.4 Å². The molecule has 0 spiro atoms. The number of aryl methyl sites for hydroxylation is 3. The van der Waals surface area contributed by atoms with Crippen molar-refractivity contribution in [3.63, 3.8) is 0 Å². The quantitative estimate of drug-likeness (QED) is 0.246. The number of amides is 2. The molecule has 11 heteroatoms. The van der Waals surface area contributed by atoms with Crippen LogP contribution in [0.4, 0.5) is 10.1 Å². The molecule has 0 aliphatic heterocycles. The van der Waals surface area contributed by atoms with Crippen LogP contribution in [0.1, 0.15) is 39.9 Å². The molecule has 226 valence electrons. The monoisotopic (exact) mass is 595 g/mol. The Hall–Kier alpha value is -5.16. The van der Waals surface area contributed by atoms with Gasteiger partial charge >= 0.3 is 0 Å². The Morgan fingerprint density at radius 2 is 1.73 bits per heavy atom. The van der Waals surface area contributed by atoms with Gasteiger partial charge in [0.1, 0.15) is 23.1 Å². The summed E-state index contributed by atoms with van der Waals surface area (Å²) < 4.78 is 17.4. The van der Waals surface area contributed by atoms with E-state index in [1.54, 1.807) is 64.3 Å². The van der Waals surface area contributed by atoms with Gasteiger partial charge in [0, 0.05) is 35.8 Å². The van der Waals surface area contributed by atoms with E-state index in [4.69, 9.17) is 0 Å². The maximum atomic E-state index is 14.0. The fraction of sp³-hybridized carbons (Fsp3) is 0.242. The average Bonchev–Trinajstić information content (AvgIpc) is 3.33. The van der Waals surface area contributed by atoms with E-state index in [9.17, 15) is 18.8 Å². The SMILES string of the molecule is CNC(=O)c1ccc(C)c(-c2ccc(NC(=O)C(C)NC)c(=O)n2Cc2cc(-n3cc(C)c4cc(F)ccc43)nc(C)n2)c1. The van der Waals surface area contributed by atoms with E-state index >= 15 is 0 Å². The molecule has 3 N–H and O–H groups in total. The Labute approximate surface area is 254 Å². The molecule has 0 aliphatic carbocycles. The van der Waals surface area contributed by atoms with Gasteiger partial charge in [-0.15, -0.1) is 0 Å². The van der Waals surface area contributed by atoms with E-state index in [1.165, 1.54) is 16.7 Å². The Balaban J connectivity index is 1.66. The van der Waals surface area contributed by atoms with E-state index in [0.717, 1.165) is 22.0 Å². The number of halogens is 1. The zero-order chi connectivity index (χ0) is 31.7. The number of carbonyl (C=O) groups excluding carboxylic acids is 2. The Kier molecular flexibility index (Phi) is 8.41. The first-order valence-corrected chi connectivity index (χ1v) is 14.2. The topological polar surface area (TPSA) is 123 Å². The van der Waals surface area contributed by atoms with Gasteiger partial charge < -0.3 is 25.1 Å². The summed E-state index contributed by atoms with van der Waals surface area (Å²) in [7, 11) is 3.22. The van der Waals surface area contributed by atoms with Gasteiger partial charge in [0.2, 0.25) is 5.91 Å². The number of nitrogens with zero attached hydrogens (tertiary/aromatic N) is 4. The van der Waals surface area contributed by atoms with Gasteiger partial charge in [-0.25, -0.2) is 14.4 Å². The van der Waals surface area contributed by atoms with E-state index in [2.05, 4.69) is 25.9 Å². The van der Waals surface area contributed by atoms with Crippen molar-refractivity contribution in [1.82, 2.24) is 29.7 Å². The molecule has 3 heterocycles. The molecule has 5 aromatic rings. The highest BCUT2D eigenvalue weighted by Gasteiger charge is 2.19. The molecule has 0 radical (unpaired) electrons. The summed E-state index contributed by atoms with van der Waals surface area (Å²) in [6.07, 6.45) is 1.89. The number of aromatic nitrogens is 4. The molecular formula is C33H34FN7O3. The molecule has 0 saturated heterocycles. The lowest BCUT2D eigenvalue weighted by molar-refractivity contribution is -0.117. The summed E-state index contributed by atoms with van der Waals surface area (Å²) in [6.45, 7) is 7.32. The molecule has 2 amide bonds. The summed E-state index contributed by atoms with van der Waals surface area (Å²) in [5, 5.41) is 9.01. The molecule has 0 aliphatic rings. The lowest BCUT2D eigenvalue weighted by atomic mass is 10.0. The summed E-state index contributed by atoms with van der Waals surface area (Å²) >= 11 is 0. The Morgan fingerprint density at radius 1 is 0.955 bits per heavy atom. The zero-order valence-electron chi connectivity index (χ0n) is 25.4. The largest absolute Gasteiger partial charge is 0.355 e. The number of hydrogen-bond donors (Lipinski definition) is 3.